The van der Waals surface area contributed by atoms with Crippen LogP contribution in [0.2, 0.25) is 0 Å². The Hall–Kier alpha value is -1.08. The molecule has 2 aromatic rings. The zero-order chi connectivity index (χ0) is 10.3. The van der Waals surface area contributed by atoms with E-state index in [9.17, 15) is 0 Å². The molecule has 1 aliphatic rings. The van der Waals surface area contributed by atoms with Gasteiger partial charge in [-0.05, 0) is 59.9 Å². The Bertz CT molecular complexity index is 494. The van der Waals surface area contributed by atoms with Gasteiger partial charge in [-0.2, -0.15) is 0 Å². The van der Waals surface area contributed by atoms with Gasteiger partial charge in [-0.3, -0.25) is 0 Å². The molecule has 3 rings (SSSR count). The van der Waals surface area contributed by atoms with Gasteiger partial charge in [-0.25, -0.2) is 0 Å². The van der Waals surface area contributed by atoms with E-state index in [-0.39, 0.29) is 0 Å². The van der Waals surface area contributed by atoms with E-state index in [1.54, 1.807) is 5.56 Å². The Morgan fingerprint density at radius 2 is 1.93 bits per heavy atom. The minimum atomic E-state index is 1.23. The summed E-state index contributed by atoms with van der Waals surface area (Å²) in [5.74, 6) is 0. The van der Waals surface area contributed by atoms with Gasteiger partial charge < -0.3 is 0 Å². The summed E-state index contributed by atoms with van der Waals surface area (Å²) in [6, 6.07) is 9.00. The third-order valence-corrected chi connectivity index (χ3v) is 4.20. The topological polar surface area (TPSA) is 0 Å². The molecule has 1 aliphatic carbocycles. The van der Waals surface area contributed by atoms with Crippen molar-refractivity contribution in [2.45, 2.75) is 26.2 Å². The molecule has 0 unspecified atom stereocenters. The average Bonchev–Trinajstić information content (AvgIpc) is 2.60. The van der Waals surface area contributed by atoms with Crippen LogP contribution in [-0.4, -0.2) is 0 Å². The smallest absolute Gasteiger partial charge is 0.0380 e. The molecular formula is C14H14S. The Kier molecular flexibility index (Phi) is 2.14. The molecule has 1 aromatic carbocycles. The molecule has 0 atom stereocenters. The molecule has 0 nitrogen and oxygen atoms in total. The molecular weight excluding hydrogens is 200 g/mol. The number of hydrogen-bond donors (Lipinski definition) is 0. The molecule has 15 heavy (non-hydrogen) atoms. The first-order valence-corrected chi connectivity index (χ1v) is 6.39. The molecule has 0 bridgehead atoms. The fraction of sp³-hybridized carbons (Fsp3) is 0.286. The van der Waals surface area contributed by atoms with Crippen molar-refractivity contribution in [1.29, 1.82) is 0 Å². The predicted molar refractivity (Wildman–Crippen MR) is 66.5 cm³/mol. The van der Waals surface area contributed by atoms with Gasteiger partial charge in [0.25, 0.3) is 0 Å². The van der Waals surface area contributed by atoms with Gasteiger partial charge in [0.2, 0.25) is 0 Å². The Labute approximate surface area is 94.6 Å². The number of fused-ring (bicyclic) bond motifs is 3. The van der Waals surface area contributed by atoms with Gasteiger partial charge in [0.15, 0.2) is 0 Å². The SMILES string of the molecule is Cc1cccc2c1-c1sccc1CCC2. The normalized spacial score (nSPS) is 14.2. The lowest BCUT2D eigenvalue weighted by atomic mass is 9.99. The van der Waals surface area contributed by atoms with E-state index in [1.807, 2.05) is 11.3 Å². The Morgan fingerprint density at radius 1 is 1.07 bits per heavy atom. The number of aryl methyl sites for hydroxylation is 3. The molecule has 0 radical (unpaired) electrons. The predicted octanol–water partition coefficient (Wildman–Crippen LogP) is 4.21. The zero-order valence-electron chi connectivity index (χ0n) is 8.92. The van der Waals surface area contributed by atoms with Gasteiger partial charge in [-0.1, -0.05) is 18.2 Å². The summed E-state index contributed by atoms with van der Waals surface area (Å²) in [6.45, 7) is 2.23. The quantitative estimate of drug-likeness (QED) is 0.616. The zero-order valence-corrected chi connectivity index (χ0v) is 9.73. The molecule has 1 heteroatoms. The standard InChI is InChI=1S/C14H14S/c1-10-4-2-5-11-6-3-7-12-8-9-15-14(12)13(10)11/h2,4-5,8-9H,3,6-7H2,1H3. The van der Waals surface area contributed by atoms with Gasteiger partial charge in [0, 0.05) is 4.88 Å². The second-order valence-corrected chi connectivity index (χ2v) is 5.15. The maximum absolute atomic E-state index is 2.29. The van der Waals surface area contributed by atoms with Crippen LogP contribution in [-0.2, 0) is 12.8 Å². The van der Waals surface area contributed by atoms with Gasteiger partial charge in [0.05, 0.1) is 0 Å². The highest BCUT2D eigenvalue weighted by molar-refractivity contribution is 7.13. The van der Waals surface area contributed by atoms with Crippen molar-refractivity contribution < 1.29 is 0 Å². The van der Waals surface area contributed by atoms with E-state index >= 15 is 0 Å². The van der Waals surface area contributed by atoms with E-state index in [1.165, 1.54) is 40.8 Å². The molecule has 76 valence electrons. The van der Waals surface area contributed by atoms with Gasteiger partial charge in [0.1, 0.15) is 0 Å². The van der Waals surface area contributed by atoms with Crippen LogP contribution in [0.25, 0.3) is 10.4 Å². The summed E-state index contributed by atoms with van der Waals surface area (Å²) in [5, 5.41) is 2.23. The minimum absolute atomic E-state index is 1.23. The maximum Gasteiger partial charge on any atom is 0.0380 e. The first-order chi connectivity index (χ1) is 7.36. The van der Waals surface area contributed by atoms with Crippen molar-refractivity contribution in [2.75, 3.05) is 0 Å². The Balaban J connectivity index is 2.32. The number of benzene rings is 1. The number of rotatable bonds is 0. The highest BCUT2D eigenvalue weighted by Crippen LogP contribution is 2.38. The van der Waals surface area contributed by atoms with Crippen LogP contribution in [0.5, 0.6) is 0 Å². The molecule has 0 aliphatic heterocycles. The van der Waals surface area contributed by atoms with Crippen LogP contribution in [0.4, 0.5) is 0 Å². The molecule has 0 amide bonds. The van der Waals surface area contributed by atoms with Crippen molar-refractivity contribution in [2.24, 2.45) is 0 Å². The largest absolute Gasteiger partial charge is 0.144 e. The molecule has 0 N–H and O–H groups in total. The molecule has 0 fully saturated rings. The minimum Gasteiger partial charge on any atom is -0.144 e. The molecule has 1 heterocycles. The van der Waals surface area contributed by atoms with E-state index in [2.05, 4.69) is 36.6 Å². The second kappa shape index (κ2) is 3.49. The summed E-state index contributed by atoms with van der Waals surface area (Å²) >= 11 is 1.90. The van der Waals surface area contributed by atoms with Crippen LogP contribution < -0.4 is 0 Å². The van der Waals surface area contributed by atoms with Crippen molar-refractivity contribution in [3.8, 4) is 10.4 Å². The molecule has 0 spiro atoms. The summed E-state index contributed by atoms with van der Waals surface area (Å²) in [4.78, 5) is 1.51. The van der Waals surface area contributed by atoms with E-state index in [0.717, 1.165) is 0 Å². The van der Waals surface area contributed by atoms with E-state index in [0.29, 0.717) is 0 Å². The van der Waals surface area contributed by atoms with Crippen LogP contribution in [0.15, 0.2) is 29.6 Å². The third-order valence-electron chi connectivity index (χ3n) is 3.23. The van der Waals surface area contributed by atoms with Gasteiger partial charge >= 0.3 is 0 Å². The van der Waals surface area contributed by atoms with Crippen LogP contribution >= 0.6 is 11.3 Å². The lowest BCUT2D eigenvalue weighted by Gasteiger charge is -2.08. The monoisotopic (exact) mass is 214 g/mol. The number of thiophene rings is 1. The fourth-order valence-corrected chi connectivity index (χ4v) is 3.58. The van der Waals surface area contributed by atoms with Crippen molar-refractivity contribution >= 4 is 11.3 Å². The van der Waals surface area contributed by atoms with E-state index < -0.39 is 0 Å². The van der Waals surface area contributed by atoms with Crippen molar-refractivity contribution in [3.63, 3.8) is 0 Å². The van der Waals surface area contributed by atoms with Crippen LogP contribution in [0.1, 0.15) is 23.1 Å². The summed E-state index contributed by atoms with van der Waals surface area (Å²) in [7, 11) is 0. The summed E-state index contributed by atoms with van der Waals surface area (Å²) < 4.78 is 0. The molecule has 0 saturated heterocycles. The van der Waals surface area contributed by atoms with Gasteiger partial charge in [-0.15, -0.1) is 11.3 Å². The second-order valence-electron chi connectivity index (χ2n) is 4.24. The van der Waals surface area contributed by atoms with E-state index in [4.69, 9.17) is 0 Å². The first kappa shape index (κ1) is 9.17. The van der Waals surface area contributed by atoms with Crippen molar-refractivity contribution in [3.05, 3.63) is 46.3 Å². The Morgan fingerprint density at radius 3 is 2.87 bits per heavy atom. The van der Waals surface area contributed by atoms with Crippen LogP contribution in [0.3, 0.4) is 0 Å². The summed E-state index contributed by atoms with van der Waals surface area (Å²) in [5.41, 5.74) is 6.03. The number of hydrogen-bond acceptors (Lipinski definition) is 1. The van der Waals surface area contributed by atoms with Crippen molar-refractivity contribution in [1.82, 2.24) is 0 Å². The molecule has 0 saturated carbocycles. The highest BCUT2D eigenvalue weighted by Gasteiger charge is 2.16. The lowest BCUT2D eigenvalue weighted by molar-refractivity contribution is 0.835. The molecule has 1 aromatic heterocycles. The average molecular weight is 214 g/mol. The lowest BCUT2D eigenvalue weighted by Crippen LogP contribution is -1.89. The highest BCUT2D eigenvalue weighted by atomic mass is 32.1. The first-order valence-electron chi connectivity index (χ1n) is 5.51. The van der Waals surface area contributed by atoms with Crippen LogP contribution in [0, 0.1) is 6.92 Å². The third kappa shape index (κ3) is 1.42. The summed E-state index contributed by atoms with van der Waals surface area (Å²) in [6.07, 6.45) is 3.77. The maximum atomic E-state index is 2.29. The fourth-order valence-electron chi connectivity index (χ4n) is 2.48.